The zero-order valence-electron chi connectivity index (χ0n) is 9.64. The van der Waals surface area contributed by atoms with Crippen molar-refractivity contribution in [3.8, 4) is 5.75 Å². The number of carboxylic acids is 1. The molecule has 98 valence electrons. The molecular weight excluding hydrogens is 318 g/mol. The van der Waals surface area contributed by atoms with Crippen LogP contribution in [0.25, 0.3) is 0 Å². The molecule has 2 unspecified atom stereocenters. The predicted octanol–water partition coefficient (Wildman–Crippen LogP) is 1.90. The van der Waals surface area contributed by atoms with Crippen LogP contribution >= 0.6 is 27.7 Å². The monoisotopic (exact) mass is 331 g/mol. The van der Waals surface area contributed by atoms with Gasteiger partial charge in [0.15, 0.2) is 0 Å². The fourth-order valence-electron chi connectivity index (χ4n) is 1.78. The van der Waals surface area contributed by atoms with Gasteiger partial charge in [0.25, 0.3) is 0 Å². The summed E-state index contributed by atoms with van der Waals surface area (Å²) in [6.07, 6.45) is 0.977. The summed E-state index contributed by atoms with van der Waals surface area (Å²) in [7, 11) is 0. The number of ether oxygens (including phenoxy) is 1. The Bertz CT molecular complexity index is 455. The van der Waals surface area contributed by atoms with Crippen LogP contribution in [0, 0.1) is 0 Å². The predicted molar refractivity (Wildman–Crippen MR) is 75.2 cm³/mol. The van der Waals surface area contributed by atoms with Crippen LogP contribution in [0.5, 0.6) is 5.75 Å². The maximum absolute atomic E-state index is 10.6. The van der Waals surface area contributed by atoms with Gasteiger partial charge in [-0.2, -0.15) is 11.8 Å². The molecule has 6 heteroatoms. The summed E-state index contributed by atoms with van der Waals surface area (Å²) >= 11 is 4.95. The number of fused-ring (bicyclic) bond motifs is 1. The summed E-state index contributed by atoms with van der Waals surface area (Å²) in [4.78, 5) is 10.6. The summed E-state index contributed by atoms with van der Waals surface area (Å²) in [5.41, 5.74) is 6.63. The third kappa shape index (κ3) is 3.40. The summed E-state index contributed by atoms with van der Waals surface area (Å²) in [6.45, 7) is 0. The SMILES string of the molecule is NC(CSCC1Cc2cc(Br)ccc2O1)C(=O)O. The number of nitrogens with two attached hydrogens (primary N) is 1. The van der Waals surface area contributed by atoms with Crippen LogP contribution in [0.2, 0.25) is 0 Å². The van der Waals surface area contributed by atoms with Crippen molar-refractivity contribution in [2.45, 2.75) is 18.6 Å². The topological polar surface area (TPSA) is 72.5 Å². The van der Waals surface area contributed by atoms with E-state index < -0.39 is 12.0 Å². The van der Waals surface area contributed by atoms with E-state index in [4.69, 9.17) is 15.6 Å². The second-order valence-corrected chi connectivity index (χ2v) is 6.17. The Labute approximate surface area is 118 Å². The lowest BCUT2D eigenvalue weighted by molar-refractivity contribution is -0.137. The van der Waals surface area contributed by atoms with Crippen molar-refractivity contribution in [2.24, 2.45) is 5.73 Å². The molecule has 0 radical (unpaired) electrons. The number of hydrogen-bond acceptors (Lipinski definition) is 4. The van der Waals surface area contributed by atoms with Gasteiger partial charge >= 0.3 is 5.97 Å². The molecule has 1 aliphatic heterocycles. The lowest BCUT2D eigenvalue weighted by Crippen LogP contribution is -2.33. The Kier molecular flexibility index (Phi) is 4.53. The molecule has 2 rings (SSSR count). The van der Waals surface area contributed by atoms with Crippen molar-refractivity contribution in [1.29, 1.82) is 0 Å². The van der Waals surface area contributed by atoms with E-state index in [2.05, 4.69) is 22.0 Å². The standard InChI is InChI=1S/C12H14BrNO3S/c13-8-1-2-11-7(3-8)4-9(17-11)5-18-6-10(14)12(15)16/h1-3,9-10H,4-6,14H2,(H,15,16). The highest BCUT2D eigenvalue weighted by Crippen LogP contribution is 2.32. The number of halogens is 1. The summed E-state index contributed by atoms with van der Waals surface area (Å²) in [5, 5.41) is 8.67. The lowest BCUT2D eigenvalue weighted by Gasteiger charge is -2.11. The van der Waals surface area contributed by atoms with E-state index in [0.717, 1.165) is 22.4 Å². The van der Waals surface area contributed by atoms with E-state index in [1.165, 1.54) is 17.3 Å². The van der Waals surface area contributed by atoms with Crippen molar-refractivity contribution >= 4 is 33.7 Å². The molecular formula is C12H14BrNO3S. The first kappa shape index (κ1) is 13.7. The third-order valence-electron chi connectivity index (χ3n) is 2.68. The maximum atomic E-state index is 10.6. The number of benzene rings is 1. The highest BCUT2D eigenvalue weighted by molar-refractivity contribution is 9.10. The molecule has 0 aromatic heterocycles. The average molecular weight is 332 g/mol. The number of carbonyl (C=O) groups is 1. The Morgan fingerprint density at radius 3 is 3.17 bits per heavy atom. The van der Waals surface area contributed by atoms with Gasteiger partial charge in [-0.25, -0.2) is 0 Å². The summed E-state index contributed by atoms with van der Waals surface area (Å²) < 4.78 is 6.82. The number of thioether (sulfide) groups is 1. The van der Waals surface area contributed by atoms with Gasteiger partial charge in [0.05, 0.1) is 0 Å². The molecule has 0 saturated carbocycles. The van der Waals surface area contributed by atoms with Crippen molar-refractivity contribution < 1.29 is 14.6 Å². The minimum atomic E-state index is -0.956. The number of rotatable bonds is 5. The van der Waals surface area contributed by atoms with Gasteiger partial charge in [0.2, 0.25) is 0 Å². The van der Waals surface area contributed by atoms with Crippen LogP contribution in [0.1, 0.15) is 5.56 Å². The fraction of sp³-hybridized carbons (Fsp3) is 0.417. The number of carboxylic acid groups (broad SMARTS) is 1. The Hall–Kier alpha value is -0.720. The Morgan fingerprint density at radius 2 is 2.44 bits per heavy atom. The van der Waals surface area contributed by atoms with E-state index in [0.29, 0.717) is 5.75 Å². The first-order valence-electron chi connectivity index (χ1n) is 5.57. The van der Waals surface area contributed by atoms with Gasteiger partial charge in [-0.05, 0) is 23.8 Å². The average Bonchev–Trinajstić information content (AvgIpc) is 2.70. The highest BCUT2D eigenvalue weighted by atomic mass is 79.9. The number of aliphatic carboxylic acids is 1. The molecule has 1 aromatic carbocycles. The minimum Gasteiger partial charge on any atom is -0.489 e. The molecule has 1 heterocycles. The summed E-state index contributed by atoms with van der Waals surface area (Å²) in [6, 6.07) is 5.16. The Morgan fingerprint density at radius 1 is 1.67 bits per heavy atom. The molecule has 0 saturated heterocycles. The van der Waals surface area contributed by atoms with Crippen molar-refractivity contribution in [3.63, 3.8) is 0 Å². The maximum Gasteiger partial charge on any atom is 0.321 e. The molecule has 0 aliphatic carbocycles. The lowest BCUT2D eigenvalue weighted by atomic mass is 10.1. The highest BCUT2D eigenvalue weighted by Gasteiger charge is 2.23. The van der Waals surface area contributed by atoms with Gasteiger partial charge in [-0.15, -0.1) is 0 Å². The molecule has 1 aromatic rings. The Balaban J connectivity index is 1.80. The second-order valence-electron chi connectivity index (χ2n) is 4.18. The van der Waals surface area contributed by atoms with Crippen molar-refractivity contribution in [3.05, 3.63) is 28.2 Å². The van der Waals surface area contributed by atoms with Crippen LogP contribution in [-0.4, -0.2) is 34.7 Å². The molecule has 0 amide bonds. The molecule has 3 N–H and O–H groups in total. The molecule has 18 heavy (non-hydrogen) atoms. The van der Waals surface area contributed by atoms with Crippen molar-refractivity contribution in [2.75, 3.05) is 11.5 Å². The number of hydrogen-bond donors (Lipinski definition) is 2. The van der Waals surface area contributed by atoms with Gasteiger partial charge in [-0.3, -0.25) is 4.79 Å². The minimum absolute atomic E-state index is 0.111. The third-order valence-corrected chi connectivity index (χ3v) is 4.38. The first-order valence-corrected chi connectivity index (χ1v) is 7.52. The normalized spacial score (nSPS) is 19.1. The van der Waals surface area contributed by atoms with E-state index >= 15 is 0 Å². The van der Waals surface area contributed by atoms with E-state index in [9.17, 15) is 4.79 Å². The molecule has 0 fully saturated rings. The molecule has 2 atom stereocenters. The van der Waals surface area contributed by atoms with Gasteiger partial charge in [-0.1, -0.05) is 15.9 Å². The summed E-state index contributed by atoms with van der Waals surface area (Å²) in [5.74, 6) is 1.14. The van der Waals surface area contributed by atoms with Gasteiger partial charge in [0, 0.05) is 22.4 Å². The van der Waals surface area contributed by atoms with Gasteiger partial charge < -0.3 is 15.6 Å². The van der Waals surface area contributed by atoms with Crippen LogP contribution in [0.15, 0.2) is 22.7 Å². The second kappa shape index (κ2) is 5.95. The first-order chi connectivity index (χ1) is 8.56. The van der Waals surface area contributed by atoms with Crippen LogP contribution in [0.4, 0.5) is 0 Å². The fourth-order valence-corrected chi connectivity index (χ4v) is 3.17. The van der Waals surface area contributed by atoms with E-state index in [1.54, 1.807) is 0 Å². The zero-order valence-corrected chi connectivity index (χ0v) is 12.0. The van der Waals surface area contributed by atoms with Crippen LogP contribution < -0.4 is 10.5 Å². The zero-order chi connectivity index (χ0) is 13.1. The van der Waals surface area contributed by atoms with Crippen LogP contribution in [-0.2, 0) is 11.2 Å². The smallest absolute Gasteiger partial charge is 0.321 e. The van der Waals surface area contributed by atoms with Gasteiger partial charge in [0.1, 0.15) is 17.9 Å². The molecule has 0 bridgehead atoms. The quantitative estimate of drug-likeness (QED) is 0.862. The molecule has 4 nitrogen and oxygen atoms in total. The van der Waals surface area contributed by atoms with E-state index in [-0.39, 0.29) is 6.10 Å². The van der Waals surface area contributed by atoms with Crippen LogP contribution in [0.3, 0.4) is 0 Å². The van der Waals surface area contributed by atoms with E-state index in [1.807, 2.05) is 12.1 Å². The molecule has 0 spiro atoms. The molecule has 1 aliphatic rings. The largest absolute Gasteiger partial charge is 0.489 e. The van der Waals surface area contributed by atoms with Crippen molar-refractivity contribution in [1.82, 2.24) is 0 Å².